The van der Waals surface area contributed by atoms with Gasteiger partial charge >= 0.3 is 5.63 Å². The third kappa shape index (κ3) is 3.00. The molecule has 2 aromatic carbocycles. The lowest BCUT2D eigenvalue weighted by molar-refractivity contribution is 0.261. The van der Waals surface area contributed by atoms with E-state index in [0.717, 1.165) is 16.8 Å². The maximum absolute atomic E-state index is 12.1. The molecule has 112 valence electrons. The Morgan fingerprint density at radius 2 is 1.73 bits per heavy atom. The van der Waals surface area contributed by atoms with Crippen LogP contribution < -0.4 is 5.63 Å². The second-order valence-corrected chi connectivity index (χ2v) is 5.64. The summed E-state index contributed by atoms with van der Waals surface area (Å²) >= 11 is 6.17. The van der Waals surface area contributed by atoms with Crippen LogP contribution in [-0.2, 0) is 13.0 Å². The molecule has 0 aliphatic carbocycles. The SMILES string of the molecule is Cc1c(Cc2ccccc2)c(=O)on1Cc1ccccc1Cl. The fourth-order valence-corrected chi connectivity index (χ4v) is 2.65. The maximum atomic E-state index is 12.1. The first-order valence-electron chi connectivity index (χ1n) is 7.12. The van der Waals surface area contributed by atoms with Crippen molar-refractivity contribution in [3.05, 3.63) is 92.4 Å². The minimum absolute atomic E-state index is 0.284. The highest BCUT2D eigenvalue weighted by atomic mass is 35.5. The highest BCUT2D eigenvalue weighted by Gasteiger charge is 2.15. The molecule has 1 aromatic heterocycles. The van der Waals surface area contributed by atoms with E-state index in [4.69, 9.17) is 16.1 Å². The largest absolute Gasteiger partial charge is 0.361 e. The predicted octanol–water partition coefficient (Wildman–Crippen LogP) is 4.04. The van der Waals surface area contributed by atoms with Crippen molar-refractivity contribution in [1.82, 2.24) is 4.74 Å². The zero-order valence-corrected chi connectivity index (χ0v) is 13.0. The van der Waals surface area contributed by atoms with Gasteiger partial charge in [-0.3, -0.25) is 0 Å². The fourth-order valence-electron chi connectivity index (χ4n) is 2.45. The van der Waals surface area contributed by atoms with Crippen molar-refractivity contribution in [1.29, 1.82) is 0 Å². The lowest BCUT2D eigenvalue weighted by atomic mass is 10.1. The molecule has 0 saturated heterocycles. The minimum Gasteiger partial charge on any atom is -0.336 e. The predicted molar refractivity (Wildman–Crippen MR) is 87.5 cm³/mol. The average molecular weight is 314 g/mol. The first-order valence-corrected chi connectivity index (χ1v) is 7.50. The van der Waals surface area contributed by atoms with Crippen molar-refractivity contribution in [3.63, 3.8) is 0 Å². The van der Waals surface area contributed by atoms with E-state index in [0.29, 0.717) is 23.6 Å². The van der Waals surface area contributed by atoms with Crippen LogP contribution in [0.3, 0.4) is 0 Å². The van der Waals surface area contributed by atoms with E-state index in [2.05, 4.69) is 0 Å². The molecule has 3 nitrogen and oxygen atoms in total. The van der Waals surface area contributed by atoms with Gasteiger partial charge in [-0.2, -0.15) is 0 Å². The first-order chi connectivity index (χ1) is 10.6. The van der Waals surface area contributed by atoms with Gasteiger partial charge in [0.1, 0.15) is 0 Å². The van der Waals surface area contributed by atoms with Crippen LogP contribution in [0, 0.1) is 6.92 Å². The maximum Gasteiger partial charge on any atom is 0.361 e. The summed E-state index contributed by atoms with van der Waals surface area (Å²) in [5.41, 5.74) is 3.27. The van der Waals surface area contributed by atoms with Crippen LogP contribution >= 0.6 is 11.6 Å². The highest BCUT2D eigenvalue weighted by Crippen LogP contribution is 2.18. The van der Waals surface area contributed by atoms with Crippen molar-refractivity contribution in [2.24, 2.45) is 0 Å². The van der Waals surface area contributed by atoms with E-state index >= 15 is 0 Å². The Labute approximate surface area is 133 Å². The van der Waals surface area contributed by atoms with Gasteiger partial charge < -0.3 is 4.52 Å². The van der Waals surface area contributed by atoms with Crippen LogP contribution in [0.2, 0.25) is 5.02 Å². The van der Waals surface area contributed by atoms with Gasteiger partial charge in [-0.05, 0) is 24.1 Å². The standard InChI is InChI=1S/C18H16ClNO2/c1-13-16(11-14-7-3-2-4-8-14)18(21)22-20(13)12-15-9-5-6-10-17(15)19/h2-10H,11-12H2,1H3. The molecule has 0 aliphatic heterocycles. The van der Waals surface area contributed by atoms with E-state index in [1.54, 1.807) is 4.74 Å². The topological polar surface area (TPSA) is 35.1 Å². The molecule has 0 unspecified atom stereocenters. The Hall–Kier alpha value is -2.26. The van der Waals surface area contributed by atoms with E-state index in [1.165, 1.54) is 0 Å². The summed E-state index contributed by atoms with van der Waals surface area (Å²) in [5.74, 6) is 0. The first kappa shape index (κ1) is 14.7. The molecule has 0 radical (unpaired) electrons. The Morgan fingerprint density at radius 3 is 2.45 bits per heavy atom. The third-order valence-electron chi connectivity index (χ3n) is 3.75. The number of nitrogens with zero attached hydrogens (tertiary/aromatic N) is 1. The van der Waals surface area contributed by atoms with Gasteiger partial charge in [0.25, 0.3) is 0 Å². The van der Waals surface area contributed by atoms with Crippen LogP contribution in [0.5, 0.6) is 0 Å². The fraction of sp³-hybridized carbons (Fsp3) is 0.167. The molecule has 0 saturated carbocycles. The summed E-state index contributed by atoms with van der Waals surface area (Å²) in [7, 11) is 0. The Bertz CT molecular complexity index is 834. The number of aromatic nitrogens is 1. The van der Waals surface area contributed by atoms with Crippen LogP contribution in [-0.4, -0.2) is 4.74 Å². The summed E-state index contributed by atoms with van der Waals surface area (Å²) < 4.78 is 6.99. The number of hydrogen-bond acceptors (Lipinski definition) is 2. The molecule has 0 atom stereocenters. The van der Waals surface area contributed by atoms with Crippen LogP contribution in [0.15, 0.2) is 63.9 Å². The minimum atomic E-state index is -0.284. The number of benzene rings is 2. The Balaban J connectivity index is 1.90. The summed E-state index contributed by atoms with van der Waals surface area (Å²) in [6.45, 7) is 2.36. The normalized spacial score (nSPS) is 10.8. The summed E-state index contributed by atoms with van der Waals surface area (Å²) in [5, 5.41) is 0.669. The van der Waals surface area contributed by atoms with Crippen molar-refractivity contribution >= 4 is 11.6 Å². The molecule has 1 heterocycles. The molecular formula is C18H16ClNO2. The zero-order chi connectivity index (χ0) is 15.5. The molecule has 3 rings (SSSR count). The van der Waals surface area contributed by atoms with Crippen molar-refractivity contribution in [2.45, 2.75) is 19.9 Å². The van der Waals surface area contributed by atoms with Crippen molar-refractivity contribution in [3.8, 4) is 0 Å². The van der Waals surface area contributed by atoms with Gasteiger partial charge in [0.05, 0.1) is 17.8 Å². The van der Waals surface area contributed by atoms with Crippen molar-refractivity contribution in [2.75, 3.05) is 0 Å². The van der Waals surface area contributed by atoms with Crippen molar-refractivity contribution < 1.29 is 4.52 Å². The van der Waals surface area contributed by atoms with Gasteiger partial charge in [-0.15, -0.1) is 0 Å². The van der Waals surface area contributed by atoms with Crippen LogP contribution in [0.1, 0.15) is 22.4 Å². The smallest absolute Gasteiger partial charge is 0.336 e. The molecule has 0 bridgehead atoms. The lowest BCUT2D eigenvalue weighted by Gasteiger charge is -2.06. The molecule has 0 aliphatic rings. The zero-order valence-electron chi connectivity index (χ0n) is 12.3. The molecule has 0 fully saturated rings. The molecule has 3 aromatic rings. The molecule has 0 amide bonds. The monoisotopic (exact) mass is 313 g/mol. The number of hydrogen-bond donors (Lipinski definition) is 0. The van der Waals surface area contributed by atoms with E-state index in [1.807, 2.05) is 61.5 Å². The summed E-state index contributed by atoms with van der Waals surface area (Å²) in [4.78, 5) is 12.1. The molecular weight excluding hydrogens is 298 g/mol. The summed E-state index contributed by atoms with van der Waals surface area (Å²) in [6.07, 6.45) is 0.574. The lowest BCUT2D eigenvalue weighted by Crippen LogP contribution is -2.03. The Morgan fingerprint density at radius 1 is 1.05 bits per heavy atom. The third-order valence-corrected chi connectivity index (χ3v) is 4.11. The van der Waals surface area contributed by atoms with E-state index < -0.39 is 0 Å². The summed E-state index contributed by atoms with van der Waals surface area (Å²) in [6, 6.07) is 17.5. The average Bonchev–Trinajstić information content (AvgIpc) is 2.78. The second kappa shape index (κ2) is 6.24. The second-order valence-electron chi connectivity index (χ2n) is 5.23. The molecule has 0 N–H and O–H groups in total. The van der Waals surface area contributed by atoms with E-state index in [9.17, 15) is 4.79 Å². The van der Waals surface area contributed by atoms with Gasteiger partial charge in [-0.25, -0.2) is 9.53 Å². The molecule has 0 spiro atoms. The molecule has 22 heavy (non-hydrogen) atoms. The van der Waals surface area contributed by atoms with Gasteiger partial charge in [-0.1, -0.05) is 60.1 Å². The van der Waals surface area contributed by atoms with E-state index in [-0.39, 0.29) is 5.63 Å². The van der Waals surface area contributed by atoms with Gasteiger partial charge in [0.2, 0.25) is 0 Å². The molecule has 4 heteroatoms. The van der Waals surface area contributed by atoms with Crippen LogP contribution in [0.25, 0.3) is 0 Å². The Kier molecular flexibility index (Phi) is 4.16. The number of rotatable bonds is 4. The highest BCUT2D eigenvalue weighted by molar-refractivity contribution is 6.31. The number of halogens is 1. The van der Waals surface area contributed by atoms with Gasteiger partial charge in [0, 0.05) is 11.4 Å². The van der Waals surface area contributed by atoms with Gasteiger partial charge in [0.15, 0.2) is 0 Å². The quantitative estimate of drug-likeness (QED) is 0.728. The van der Waals surface area contributed by atoms with Crippen LogP contribution in [0.4, 0.5) is 0 Å².